The zero-order chi connectivity index (χ0) is 11.8. The number of esters is 4. The highest BCUT2D eigenvalue weighted by atomic mass is 16.6. The van der Waals surface area contributed by atoms with Crippen LogP contribution in [0.15, 0.2) is 0 Å². The molecule has 0 saturated carbocycles. The lowest BCUT2D eigenvalue weighted by molar-refractivity contribution is -0.164. The van der Waals surface area contributed by atoms with Gasteiger partial charge in [0.2, 0.25) is 0 Å². The number of ether oxygens (including phenoxy) is 3. The van der Waals surface area contributed by atoms with E-state index >= 15 is 0 Å². The lowest BCUT2D eigenvalue weighted by Crippen LogP contribution is -2.20. The Morgan fingerprint density at radius 1 is 0.800 bits per heavy atom. The van der Waals surface area contributed by atoms with E-state index in [1.165, 1.54) is 0 Å². The predicted octanol–water partition coefficient (Wildman–Crippen LogP) is -0.818. The Morgan fingerprint density at radius 2 is 1.13 bits per heavy atom. The van der Waals surface area contributed by atoms with E-state index in [-0.39, 0.29) is 0 Å². The molecule has 0 aliphatic heterocycles. The van der Waals surface area contributed by atoms with Crippen molar-refractivity contribution in [3.05, 3.63) is 0 Å². The Balaban J connectivity index is 3.61. The Morgan fingerprint density at radius 3 is 1.40 bits per heavy atom. The van der Waals surface area contributed by atoms with Gasteiger partial charge in [-0.3, -0.25) is 9.59 Å². The first-order valence-electron chi connectivity index (χ1n) is 3.92. The first kappa shape index (κ1) is 13.2. The molecule has 0 unspecified atom stereocenters. The van der Waals surface area contributed by atoms with Gasteiger partial charge < -0.3 is 14.2 Å². The van der Waals surface area contributed by atoms with Gasteiger partial charge in [-0.15, -0.1) is 0 Å². The quantitative estimate of drug-likeness (QED) is 0.449. The Hall–Kier alpha value is -1.76. The van der Waals surface area contributed by atoms with E-state index in [1.807, 2.05) is 0 Å². The molecular formula is C8H10O7. The van der Waals surface area contributed by atoms with Crippen molar-refractivity contribution in [3.63, 3.8) is 0 Å². The minimum Gasteiger partial charge on any atom is -0.392 e. The van der Waals surface area contributed by atoms with Gasteiger partial charge in [-0.25, -0.2) is 9.59 Å². The van der Waals surface area contributed by atoms with Crippen LogP contribution in [0.4, 0.5) is 0 Å². The van der Waals surface area contributed by atoms with Crippen molar-refractivity contribution in [1.29, 1.82) is 0 Å². The molecular weight excluding hydrogens is 208 g/mol. The van der Waals surface area contributed by atoms with Crippen LogP contribution in [0.25, 0.3) is 0 Å². The number of carbonyl (C=O) groups is 4. The summed E-state index contributed by atoms with van der Waals surface area (Å²) >= 11 is 0. The van der Waals surface area contributed by atoms with Crippen molar-refractivity contribution >= 4 is 23.9 Å². The molecule has 0 spiro atoms. The van der Waals surface area contributed by atoms with Gasteiger partial charge in [-0.2, -0.15) is 0 Å². The zero-order valence-electron chi connectivity index (χ0n) is 8.27. The molecule has 0 atom stereocenters. The first-order valence-corrected chi connectivity index (χ1v) is 3.92. The second kappa shape index (κ2) is 6.66. The monoisotopic (exact) mass is 218 g/mol. The van der Waals surface area contributed by atoms with Crippen molar-refractivity contribution < 1.29 is 33.4 Å². The van der Waals surface area contributed by atoms with Gasteiger partial charge >= 0.3 is 23.9 Å². The molecule has 15 heavy (non-hydrogen) atoms. The van der Waals surface area contributed by atoms with E-state index in [0.29, 0.717) is 0 Å². The largest absolute Gasteiger partial charge is 0.392 e. The van der Waals surface area contributed by atoms with Gasteiger partial charge in [0.05, 0.1) is 0 Å². The van der Waals surface area contributed by atoms with Crippen LogP contribution in [0.3, 0.4) is 0 Å². The summed E-state index contributed by atoms with van der Waals surface area (Å²) in [6, 6.07) is 0. The Labute approximate surface area is 85.3 Å². The molecule has 0 radical (unpaired) electrons. The Bertz CT molecular complexity index is 253. The van der Waals surface area contributed by atoms with Gasteiger partial charge in [0.25, 0.3) is 0 Å². The van der Waals surface area contributed by atoms with Crippen LogP contribution in [0, 0.1) is 0 Å². The summed E-state index contributed by atoms with van der Waals surface area (Å²) in [5.41, 5.74) is 0. The highest BCUT2D eigenvalue weighted by molar-refractivity contribution is 5.86. The average Bonchev–Trinajstić information content (AvgIpc) is 2.00. The molecule has 0 N–H and O–H groups in total. The van der Waals surface area contributed by atoms with Crippen molar-refractivity contribution in [2.45, 2.75) is 13.8 Å². The number of rotatable bonds is 4. The minimum absolute atomic E-state index is 0.563. The van der Waals surface area contributed by atoms with E-state index in [2.05, 4.69) is 14.2 Å². The third-order valence-electron chi connectivity index (χ3n) is 0.955. The maximum atomic E-state index is 10.7. The third kappa shape index (κ3) is 8.57. The molecule has 0 heterocycles. The molecule has 0 aromatic carbocycles. The molecule has 0 aliphatic rings. The summed E-state index contributed by atoms with van der Waals surface area (Å²) in [4.78, 5) is 41.9. The first-order chi connectivity index (χ1) is 6.91. The topological polar surface area (TPSA) is 96.0 Å². The summed E-state index contributed by atoms with van der Waals surface area (Å²) in [6.07, 6.45) is 0. The van der Waals surface area contributed by atoms with Crippen molar-refractivity contribution in [2.75, 3.05) is 13.2 Å². The van der Waals surface area contributed by atoms with E-state index in [1.54, 1.807) is 0 Å². The average molecular weight is 218 g/mol. The van der Waals surface area contributed by atoms with Crippen molar-refractivity contribution in [3.8, 4) is 0 Å². The van der Waals surface area contributed by atoms with Gasteiger partial charge in [0.15, 0.2) is 0 Å². The summed E-state index contributed by atoms with van der Waals surface area (Å²) < 4.78 is 12.7. The van der Waals surface area contributed by atoms with Crippen LogP contribution in [0.2, 0.25) is 0 Å². The summed E-state index contributed by atoms with van der Waals surface area (Å²) in [5, 5.41) is 0. The second-order valence-electron chi connectivity index (χ2n) is 2.42. The minimum atomic E-state index is -0.918. The number of hydrogen-bond donors (Lipinski definition) is 0. The fraction of sp³-hybridized carbons (Fsp3) is 0.500. The SMILES string of the molecule is CC(=O)OC(=O)COCC(=O)OC(C)=O. The molecule has 0 fully saturated rings. The lowest BCUT2D eigenvalue weighted by atomic mass is 10.6. The molecule has 7 heteroatoms. The zero-order valence-corrected chi connectivity index (χ0v) is 8.27. The molecule has 0 aromatic heterocycles. The highest BCUT2D eigenvalue weighted by Gasteiger charge is 2.10. The fourth-order valence-corrected chi connectivity index (χ4v) is 0.597. The van der Waals surface area contributed by atoms with Gasteiger partial charge in [-0.1, -0.05) is 0 Å². The van der Waals surface area contributed by atoms with Gasteiger partial charge in [-0.05, 0) is 0 Å². The van der Waals surface area contributed by atoms with Crippen LogP contribution < -0.4 is 0 Å². The third-order valence-corrected chi connectivity index (χ3v) is 0.955. The van der Waals surface area contributed by atoms with Crippen LogP contribution in [-0.2, 0) is 33.4 Å². The summed E-state index contributed by atoms with van der Waals surface area (Å²) in [6.45, 7) is 0.989. The molecule has 0 aliphatic carbocycles. The summed E-state index contributed by atoms with van der Waals surface area (Å²) in [7, 11) is 0. The fourth-order valence-electron chi connectivity index (χ4n) is 0.597. The highest BCUT2D eigenvalue weighted by Crippen LogP contribution is 1.86. The second-order valence-corrected chi connectivity index (χ2v) is 2.42. The van der Waals surface area contributed by atoms with E-state index < -0.39 is 37.1 Å². The van der Waals surface area contributed by atoms with E-state index in [0.717, 1.165) is 13.8 Å². The smallest absolute Gasteiger partial charge is 0.339 e. The van der Waals surface area contributed by atoms with Crippen LogP contribution in [0.5, 0.6) is 0 Å². The molecule has 0 amide bonds. The Kier molecular flexibility index (Phi) is 5.88. The van der Waals surface area contributed by atoms with Crippen LogP contribution in [-0.4, -0.2) is 37.1 Å². The normalized spacial score (nSPS) is 9.20. The van der Waals surface area contributed by atoms with Gasteiger partial charge in [0, 0.05) is 13.8 Å². The van der Waals surface area contributed by atoms with Crippen molar-refractivity contribution in [2.24, 2.45) is 0 Å². The molecule has 0 rings (SSSR count). The number of hydrogen-bond acceptors (Lipinski definition) is 7. The van der Waals surface area contributed by atoms with Crippen LogP contribution >= 0.6 is 0 Å². The van der Waals surface area contributed by atoms with Crippen LogP contribution in [0.1, 0.15) is 13.8 Å². The van der Waals surface area contributed by atoms with E-state index in [4.69, 9.17) is 0 Å². The lowest BCUT2D eigenvalue weighted by Gasteiger charge is -2.01. The number of carbonyl (C=O) groups excluding carboxylic acids is 4. The molecule has 0 saturated heterocycles. The van der Waals surface area contributed by atoms with E-state index in [9.17, 15) is 19.2 Å². The predicted molar refractivity (Wildman–Crippen MR) is 44.4 cm³/mol. The molecule has 0 bridgehead atoms. The maximum absolute atomic E-state index is 10.7. The standard InChI is InChI=1S/C8H10O7/c1-5(9)14-7(11)3-13-4-8(12)15-6(2)10/h3-4H2,1-2H3. The maximum Gasteiger partial charge on any atom is 0.339 e. The molecule has 7 nitrogen and oxygen atoms in total. The molecule has 84 valence electrons. The molecule has 0 aromatic rings. The summed E-state index contributed by atoms with van der Waals surface area (Å²) in [5.74, 6) is -3.37. The van der Waals surface area contributed by atoms with Crippen molar-refractivity contribution in [1.82, 2.24) is 0 Å². The van der Waals surface area contributed by atoms with Gasteiger partial charge in [0.1, 0.15) is 13.2 Å².